The molecular weight excluding hydrogens is 298 g/mol. The maximum Gasteiger partial charge on any atom is 0.142 e. The Labute approximate surface area is 125 Å². The molecule has 3 rings (SSSR count). The van der Waals surface area contributed by atoms with Gasteiger partial charge in [0.1, 0.15) is 23.5 Å². The van der Waals surface area contributed by atoms with Crippen molar-refractivity contribution in [1.29, 1.82) is 0 Å². The number of aryl methyl sites for hydroxylation is 1. The van der Waals surface area contributed by atoms with Gasteiger partial charge >= 0.3 is 0 Å². The van der Waals surface area contributed by atoms with E-state index in [9.17, 15) is 13.9 Å². The van der Waals surface area contributed by atoms with E-state index in [2.05, 4.69) is 0 Å². The normalized spacial score (nSPS) is 15.2. The molecule has 0 spiro atoms. The summed E-state index contributed by atoms with van der Waals surface area (Å²) < 4.78 is 32.8. The number of benzene rings is 2. The number of hydrogen-bond donors (Lipinski definition) is 1. The van der Waals surface area contributed by atoms with Crippen molar-refractivity contribution in [2.24, 2.45) is 0 Å². The Morgan fingerprint density at radius 1 is 1.14 bits per heavy atom. The minimum atomic E-state index is -1.25. The second kappa shape index (κ2) is 5.62. The highest BCUT2D eigenvalue weighted by atomic mass is 35.5. The van der Waals surface area contributed by atoms with Gasteiger partial charge < -0.3 is 9.84 Å². The summed E-state index contributed by atoms with van der Waals surface area (Å²) in [6.45, 7) is 0.673. The van der Waals surface area contributed by atoms with E-state index in [1.54, 1.807) is 18.2 Å². The largest absolute Gasteiger partial charge is 0.493 e. The summed E-state index contributed by atoms with van der Waals surface area (Å²) in [5, 5.41) is 10.00. The number of aliphatic hydroxyl groups excluding tert-OH is 1. The van der Waals surface area contributed by atoms with E-state index in [-0.39, 0.29) is 10.6 Å². The molecule has 0 radical (unpaired) electrons. The number of rotatable bonds is 2. The molecule has 110 valence electrons. The van der Waals surface area contributed by atoms with E-state index in [0.717, 1.165) is 36.3 Å². The highest BCUT2D eigenvalue weighted by Gasteiger charge is 2.20. The zero-order valence-electron chi connectivity index (χ0n) is 11.1. The molecule has 1 atom stereocenters. The molecule has 1 aliphatic heterocycles. The predicted molar refractivity (Wildman–Crippen MR) is 75.7 cm³/mol. The van der Waals surface area contributed by atoms with Crippen LogP contribution in [0.3, 0.4) is 0 Å². The SMILES string of the molecule is OC(c1ccc2c(c1)CCCO2)c1cc(F)c(Cl)cc1F. The molecular formula is C16H13ClF2O2. The van der Waals surface area contributed by atoms with Crippen LogP contribution in [-0.4, -0.2) is 11.7 Å². The van der Waals surface area contributed by atoms with Crippen LogP contribution in [0, 0.1) is 11.6 Å². The van der Waals surface area contributed by atoms with Crippen molar-refractivity contribution in [2.45, 2.75) is 18.9 Å². The van der Waals surface area contributed by atoms with Gasteiger partial charge in [-0.3, -0.25) is 0 Å². The smallest absolute Gasteiger partial charge is 0.142 e. The third-order valence-electron chi connectivity index (χ3n) is 3.58. The number of ether oxygens (including phenoxy) is 1. The van der Waals surface area contributed by atoms with Crippen LogP contribution in [0.4, 0.5) is 8.78 Å². The van der Waals surface area contributed by atoms with Gasteiger partial charge in [-0.2, -0.15) is 0 Å². The van der Waals surface area contributed by atoms with Gasteiger partial charge in [0.15, 0.2) is 0 Å². The number of halogens is 3. The molecule has 0 bridgehead atoms. The molecule has 1 aliphatic rings. The molecule has 1 N–H and O–H groups in total. The molecule has 0 fully saturated rings. The van der Waals surface area contributed by atoms with E-state index in [4.69, 9.17) is 16.3 Å². The van der Waals surface area contributed by atoms with Crippen molar-refractivity contribution in [1.82, 2.24) is 0 Å². The molecule has 2 nitrogen and oxygen atoms in total. The topological polar surface area (TPSA) is 29.5 Å². The first-order chi connectivity index (χ1) is 10.1. The van der Waals surface area contributed by atoms with E-state index in [0.29, 0.717) is 12.2 Å². The molecule has 1 unspecified atom stereocenters. The van der Waals surface area contributed by atoms with E-state index >= 15 is 0 Å². The van der Waals surface area contributed by atoms with Gasteiger partial charge in [0.25, 0.3) is 0 Å². The van der Waals surface area contributed by atoms with Crippen molar-refractivity contribution < 1.29 is 18.6 Å². The van der Waals surface area contributed by atoms with Crippen LogP contribution >= 0.6 is 11.6 Å². The highest BCUT2D eigenvalue weighted by molar-refractivity contribution is 6.30. The summed E-state index contributed by atoms with van der Waals surface area (Å²) in [6.07, 6.45) is 0.494. The fraction of sp³-hybridized carbons (Fsp3) is 0.250. The average molecular weight is 311 g/mol. The predicted octanol–water partition coefficient (Wildman–Crippen LogP) is 4.02. The summed E-state index contributed by atoms with van der Waals surface area (Å²) in [4.78, 5) is 0. The molecule has 1 heterocycles. The second-order valence-corrected chi connectivity index (χ2v) is 5.42. The fourth-order valence-electron chi connectivity index (χ4n) is 2.48. The Morgan fingerprint density at radius 2 is 1.95 bits per heavy atom. The van der Waals surface area contributed by atoms with Crippen LogP contribution in [-0.2, 0) is 6.42 Å². The van der Waals surface area contributed by atoms with Crippen LogP contribution in [0.2, 0.25) is 5.02 Å². The van der Waals surface area contributed by atoms with Gasteiger partial charge in [0.2, 0.25) is 0 Å². The van der Waals surface area contributed by atoms with Crippen molar-refractivity contribution in [3.05, 3.63) is 63.7 Å². The lowest BCUT2D eigenvalue weighted by Crippen LogP contribution is -2.10. The molecule has 0 aliphatic carbocycles. The highest BCUT2D eigenvalue weighted by Crippen LogP contribution is 2.32. The molecule has 5 heteroatoms. The molecule has 0 saturated heterocycles. The summed E-state index contributed by atoms with van der Waals surface area (Å²) in [5.74, 6) is -0.712. The third kappa shape index (κ3) is 2.74. The lowest BCUT2D eigenvalue weighted by atomic mass is 9.96. The fourth-order valence-corrected chi connectivity index (χ4v) is 2.63. The molecule has 0 aromatic heterocycles. The van der Waals surface area contributed by atoms with Crippen LogP contribution in [0.1, 0.15) is 29.2 Å². The lowest BCUT2D eigenvalue weighted by Gasteiger charge is -2.20. The van der Waals surface area contributed by atoms with Crippen molar-refractivity contribution in [3.63, 3.8) is 0 Å². The Balaban J connectivity index is 1.98. The minimum absolute atomic E-state index is 0.131. The second-order valence-electron chi connectivity index (χ2n) is 5.01. The first-order valence-electron chi connectivity index (χ1n) is 6.64. The van der Waals surface area contributed by atoms with Crippen LogP contribution in [0.5, 0.6) is 5.75 Å². The molecule has 0 saturated carbocycles. The zero-order valence-corrected chi connectivity index (χ0v) is 11.8. The van der Waals surface area contributed by atoms with Crippen LogP contribution in [0.25, 0.3) is 0 Å². The first kappa shape index (κ1) is 14.3. The molecule has 0 amide bonds. The van der Waals surface area contributed by atoms with Crippen molar-refractivity contribution >= 4 is 11.6 Å². The Morgan fingerprint density at radius 3 is 2.76 bits per heavy atom. The summed E-state index contributed by atoms with van der Waals surface area (Å²) in [5.41, 5.74) is 1.33. The lowest BCUT2D eigenvalue weighted by molar-refractivity contribution is 0.213. The monoisotopic (exact) mass is 310 g/mol. The van der Waals surface area contributed by atoms with Gasteiger partial charge in [0, 0.05) is 5.56 Å². The van der Waals surface area contributed by atoms with Crippen LogP contribution in [0.15, 0.2) is 30.3 Å². The summed E-state index contributed by atoms with van der Waals surface area (Å²) in [7, 11) is 0. The summed E-state index contributed by atoms with van der Waals surface area (Å²) >= 11 is 5.52. The number of hydrogen-bond acceptors (Lipinski definition) is 2. The quantitative estimate of drug-likeness (QED) is 0.849. The van der Waals surface area contributed by atoms with Crippen molar-refractivity contribution in [2.75, 3.05) is 6.61 Å². The molecule has 21 heavy (non-hydrogen) atoms. The summed E-state index contributed by atoms with van der Waals surface area (Å²) in [6, 6.07) is 6.97. The number of aliphatic hydroxyl groups is 1. The Kier molecular flexibility index (Phi) is 3.83. The average Bonchev–Trinajstić information content (AvgIpc) is 2.50. The standard InChI is InChI=1S/C16H13ClF2O2/c17-12-8-13(18)11(7-14(12)19)16(20)10-3-4-15-9(6-10)2-1-5-21-15/h3-4,6-8,16,20H,1-2,5H2. The van der Waals surface area contributed by atoms with E-state index in [1.807, 2.05) is 0 Å². The minimum Gasteiger partial charge on any atom is -0.493 e. The van der Waals surface area contributed by atoms with Crippen molar-refractivity contribution in [3.8, 4) is 5.75 Å². The Bertz CT molecular complexity index is 688. The maximum atomic E-state index is 13.9. The van der Waals surface area contributed by atoms with Gasteiger partial charge in [-0.05, 0) is 48.2 Å². The third-order valence-corrected chi connectivity index (χ3v) is 3.87. The van der Waals surface area contributed by atoms with Crippen LogP contribution < -0.4 is 4.74 Å². The maximum absolute atomic E-state index is 13.9. The van der Waals surface area contributed by atoms with E-state index < -0.39 is 17.7 Å². The number of fused-ring (bicyclic) bond motifs is 1. The first-order valence-corrected chi connectivity index (χ1v) is 7.02. The Hall–Kier alpha value is -1.65. The zero-order chi connectivity index (χ0) is 15.0. The molecule has 2 aromatic rings. The van der Waals surface area contributed by atoms with Gasteiger partial charge in [0.05, 0.1) is 11.6 Å². The van der Waals surface area contributed by atoms with Gasteiger partial charge in [-0.1, -0.05) is 17.7 Å². The van der Waals surface area contributed by atoms with Gasteiger partial charge in [-0.25, -0.2) is 8.78 Å². The van der Waals surface area contributed by atoms with E-state index in [1.165, 1.54) is 0 Å². The van der Waals surface area contributed by atoms with Gasteiger partial charge in [-0.15, -0.1) is 0 Å². The molecule has 2 aromatic carbocycles.